The second-order valence-electron chi connectivity index (χ2n) is 4.30. The average molecular weight is 287 g/mol. The van der Waals surface area contributed by atoms with Crippen LogP contribution in [0.15, 0.2) is 50.4 Å². The number of nitrogens with zero attached hydrogens (tertiary/aromatic N) is 2. The summed E-state index contributed by atoms with van der Waals surface area (Å²) in [4.78, 5) is 5.45. The minimum Gasteiger partial charge on any atom is -0.461 e. The van der Waals surface area contributed by atoms with Gasteiger partial charge in [-0.3, -0.25) is 0 Å². The molecule has 0 fully saturated rings. The highest BCUT2D eigenvalue weighted by atomic mass is 32.2. The Bertz CT molecular complexity index is 707. The van der Waals surface area contributed by atoms with Gasteiger partial charge in [-0.1, -0.05) is 5.16 Å². The van der Waals surface area contributed by atoms with Crippen molar-refractivity contribution in [3.63, 3.8) is 0 Å². The molecule has 1 aromatic carbocycles. The minimum absolute atomic E-state index is 0.472. The molecule has 0 aliphatic rings. The van der Waals surface area contributed by atoms with Gasteiger partial charge in [0.1, 0.15) is 0 Å². The van der Waals surface area contributed by atoms with Crippen LogP contribution in [0, 0.1) is 6.92 Å². The zero-order valence-corrected chi connectivity index (χ0v) is 11.7. The van der Waals surface area contributed by atoms with Crippen LogP contribution in [0.2, 0.25) is 0 Å². The van der Waals surface area contributed by atoms with E-state index in [4.69, 9.17) is 14.7 Å². The van der Waals surface area contributed by atoms with Crippen molar-refractivity contribution in [3.8, 4) is 11.6 Å². The van der Waals surface area contributed by atoms with Gasteiger partial charge in [0, 0.05) is 10.6 Å². The predicted octanol–water partition coefficient (Wildman–Crippen LogP) is 3.51. The van der Waals surface area contributed by atoms with Crippen molar-refractivity contribution in [2.75, 3.05) is 5.73 Å². The fraction of sp³-hybridized carbons (Fsp3) is 0.143. The van der Waals surface area contributed by atoms with E-state index in [9.17, 15) is 0 Å². The molecule has 3 aromatic rings. The standard InChI is InChI=1S/C14H13N3O2S/c1-9-7-10(15)4-5-12(9)20-8-13-16-14(17-19-13)11-3-2-6-18-11/h2-7H,8,15H2,1H3. The second-order valence-corrected chi connectivity index (χ2v) is 5.32. The molecule has 0 unspecified atom stereocenters. The van der Waals surface area contributed by atoms with Crippen LogP contribution in [0.4, 0.5) is 5.69 Å². The Morgan fingerprint density at radius 2 is 2.20 bits per heavy atom. The smallest absolute Gasteiger partial charge is 0.238 e. The Morgan fingerprint density at radius 3 is 2.95 bits per heavy atom. The number of nitrogens with two attached hydrogens (primary N) is 1. The van der Waals surface area contributed by atoms with Crippen molar-refractivity contribution in [3.05, 3.63) is 48.0 Å². The molecule has 5 nitrogen and oxygen atoms in total. The number of aryl methyl sites for hydroxylation is 1. The number of nitrogen functional groups attached to an aromatic ring is 1. The maximum Gasteiger partial charge on any atom is 0.238 e. The summed E-state index contributed by atoms with van der Waals surface area (Å²) in [7, 11) is 0. The number of hydrogen-bond donors (Lipinski definition) is 1. The molecule has 0 aliphatic carbocycles. The number of thioether (sulfide) groups is 1. The van der Waals surface area contributed by atoms with E-state index in [0.717, 1.165) is 16.1 Å². The molecule has 6 heteroatoms. The number of furan rings is 1. The molecule has 0 spiro atoms. The Labute approximate surface area is 120 Å². The lowest BCUT2D eigenvalue weighted by atomic mass is 10.2. The quantitative estimate of drug-likeness (QED) is 0.584. The molecule has 2 N–H and O–H groups in total. The van der Waals surface area contributed by atoms with Gasteiger partial charge in [-0.15, -0.1) is 11.8 Å². The molecule has 3 rings (SSSR count). The molecule has 0 bridgehead atoms. The van der Waals surface area contributed by atoms with E-state index < -0.39 is 0 Å². The van der Waals surface area contributed by atoms with Crippen LogP contribution >= 0.6 is 11.8 Å². The van der Waals surface area contributed by atoms with Crippen LogP contribution in [0.1, 0.15) is 11.5 Å². The molecule has 0 saturated carbocycles. The summed E-state index contributed by atoms with van der Waals surface area (Å²) in [5, 5.41) is 3.89. The van der Waals surface area contributed by atoms with Crippen molar-refractivity contribution in [1.29, 1.82) is 0 Å². The molecule has 102 valence electrons. The first kappa shape index (κ1) is 12.8. The summed E-state index contributed by atoms with van der Waals surface area (Å²) in [6.45, 7) is 2.03. The topological polar surface area (TPSA) is 78.1 Å². The van der Waals surface area contributed by atoms with Gasteiger partial charge >= 0.3 is 0 Å². The minimum atomic E-state index is 0.472. The second kappa shape index (κ2) is 5.42. The van der Waals surface area contributed by atoms with E-state index in [1.807, 2.05) is 25.1 Å². The Hall–Kier alpha value is -2.21. The van der Waals surface area contributed by atoms with Gasteiger partial charge in [0.15, 0.2) is 5.76 Å². The van der Waals surface area contributed by atoms with Gasteiger partial charge < -0.3 is 14.7 Å². The molecule has 2 aromatic heterocycles. The van der Waals surface area contributed by atoms with Crippen LogP contribution in [-0.4, -0.2) is 10.1 Å². The SMILES string of the molecule is Cc1cc(N)ccc1SCc1nc(-c2ccco2)no1. The van der Waals surface area contributed by atoms with Crippen molar-refractivity contribution in [2.45, 2.75) is 17.6 Å². The maximum absolute atomic E-state index is 5.73. The van der Waals surface area contributed by atoms with Crippen LogP contribution in [0.3, 0.4) is 0 Å². The molecule has 2 heterocycles. The molecular weight excluding hydrogens is 274 g/mol. The van der Waals surface area contributed by atoms with Gasteiger partial charge in [0.05, 0.1) is 12.0 Å². The zero-order valence-electron chi connectivity index (χ0n) is 10.9. The Balaban J connectivity index is 1.70. The van der Waals surface area contributed by atoms with Crippen molar-refractivity contribution in [1.82, 2.24) is 10.1 Å². The highest BCUT2D eigenvalue weighted by molar-refractivity contribution is 7.98. The number of anilines is 1. The van der Waals surface area contributed by atoms with E-state index in [0.29, 0.717) is 23.2 Å². The van der Waals surface area contributed by atoms with Crippen molar-refractivity contribution < 1.29 is 8.94 Å². The Morgan fingerprint density at radius 1 is 1.30 bits per heavy atom. The van der Waals surface area contributed by atoms with E-state index >= 15 is 0 Å². The fourth-order valence-electron chi connectivity index (χ4n) is 1.79. The third-order valence-corrected chi connectivity index (χ3v) is 3.92. The normalized spacial score (nSPS) is 10.8. The van der Waals surface area contributed by atoms with Gasteiger partial charge in [-0.2, -0.15) is 4.98 Å². The zero-order chi connectivity index (χ0) is 13.9. The molecular formula is C14H13N3O2S. The van der Waals surface area contributed by atoms with Crippen molar-refractivity contribution in [2.24, 2.45) is 0 Å². The largest absolute Gasteiger partial charge is 0.461 e. The van der Waals surface area contributed by atoms with Crippen LogP contribution in [-0.2, 0) is 5.75 Å². The summed E-state index contributed by atoms with van der Waals surface area (Å²) < 4.78 is 10.4. The van der Waals surface area contributed by atoms with E-state index in [-0.39, 0.29) is 0 Å². The summed E-state index contributed by atoms with van der Waals surface area (Å²) in [5.41, 5.74) is 7.64. The first-order valence-corrected chi connectivity index (χ1v) is 7.06. The highest BCUT2D eigenvalue weighted by Crippen LogP contribution is 2.27. The lowest BCUT2D eigenvalue weighted by Crippen LogP contribution is -1.88. The van der Waals surface area contributed by atoms with E-state index in [1.165, 1.54) is 0 Å². The summed E-state index contributed by atoms with van der Waals surface area (Å²) >= 11 is 1.64. The van der Waals surface area contributed by atoms with E-state index in [2.05, 4.69) is 10.1 Å². The predicted molar refractivity (Wildman–Crippen MR) is 77.2 cm³/mol. The number of benzene rings is 1. The van der Waals surface area contributed by atoms with Gasteiger partial charge in [0.2, 0.25) is 11.7 Å². The van der Waals surface area contributed by atoms with Crippen LogP contribution in [0.5, 0.6) is 0 Å². The average Bonchev–Trinajstić information content (AvgIpc) is 3.08. The third kappa shape index (κ3) is 2.70. The monoisotopic (exact) mass is 287 g/mol. The van der Waals surface area contributed by atoms with E-state index in [1.54, 1.807) is 30.2 Å². The fourth-order valence-corrected chi connectivity index (χ4v) is 2.64. The Kier molecular flexibility index (Phi) is 3.47. The lowest BCUT2D eigenvalue weighted by molar-refractivity contribution is 0.390. The first-order valence-electron chi connectivity index (χ1n) is 6.08. The molecule has 0 aliphatic heterocycles. The highest BCUT2D eigenvalue weighted by Gasteiger charge is 2.11. The molecule has 0 radical (unpaired) electrons. The summed E-state index contributed by atoms with van der Waals surface area (Å²) in [5.74, 6) is 2.25. The van der Waals surface area contributed by atoms with Crippen LogP contribution < -0.4 is 5.73 Å². The molecule has 0 saturated heterocycles. The number of aromatic nitrogens is 2. The number of rotatable bonds is 4. The summed E-state index contributed by atoms with van der Waals surface area (Å²) in [6.07, 6.45) is 1.58. The molecule has 20 heavy (non-hydrogen) atoms. The van der Waals surface area contributed by atoms with Gasteiger partial charge in [0.25, 0.3) is 0 Å². The maximum atomic E-state index is 5.73. The van der Waals surface area contributed by atoms with Crippen LogP contribution in [0.25, 0.3) is 11.6 Å². The lowest BCUT2D eigenvalue weighted by Gasteiger charge is -2.04. The van der Waals surface area contributed by atoms with Gasteiger partial charge in [-0.25, -0.2) is 0 Å². The first-order chi connectivity index (χ1) is 9.72. The summed E-state index contributed by atoms with van der Waals surface area (Å²) in [6, 6.07) is 9.42. The van der Waals surface area contributed by atoms with Gasteiger partial charge in [-0.05, 0) is 42.8 Å². The molecule has 0 amide bonds. The van der Waals surface area contributed by atoms with Crippen molar-refractivity contribution >= 4 is 17.4 Å². The molecule has 0 atom stereocenters. The third-order valence-electron chi connectivity index (χ3n) is 2.76. The number of hydrogen-bond acceptors (Lipinski definition) is 6.